The number of rotatable bonds is 10. The van der Waals surface area contributed by atoms with Crippen LogP contribution >= 0.6 is 0 Å². The van der Waals surface area contributed by atoms with Crippen LogP contribution in [0.5, 0.6) is 11.5 Å². The largest absolute Gasteiger partial charge is 0.496 e. The lowest BCUT2D eigenvalue weighted by molar-refractivity contribution is -0.136. The van der Waals surface area contributed by atoms with Crippen molar-refractivity contribution in [1.82, 2.24) is 24.6 Å². The van der Waals surface area contributed by atoms with E-state index in [0.29, 0.717) is 59.0 Å². The second-order valence-corrected chi connectivity index (χ2v) is 16.4. The van der Waals surface area contributed by atoms with Gasteiger partial charge in [0.2, 0.25) is 11.8 Å². The Kier molecular flexibility index (Phi) is 10.4. The average Bonchev–Trinajstić information content (AvgIpc) is 3.50. The second kappa shape index (κ2) is 15.3. The van der Waals surface area contributed by atoms with Gasteiger partial charge in [0, 0.05) is 69.1 Å². The fraction of sp³-hybridized carbons (Fsp3) is 0.524. The molecule has 3 aromatic rings. The highest BCUT2D eigenvalue weighted by Gasteiger charge is 2.46. The molecule has 3 amide bonds. The molecule has 4 saturated heterocycles. The Labute approximate surface area is 325 Å². The minimum atomic E-state index is -2.87. The first kappa shape index (κ1) is 38.1. The van der Waals surface area contributed by atoms with Crippen molar-refractivity contribution in [2.45, 2.75) is 64.1 Å². The monoisotopic (exact) mass is 772 g/mol. The van der Waals surface area contributed by atoms with Crippen LogP contribution in [-0.2, 0) is 29.7 Å². The highest BCUT2D eigenvalue weighted by molar-refractivity contribution is 6.05. The summed E-state index contributed by atoms with van der Waals surface area (Å²) in [5, 5.41) is 2.37. The van der Waals surface area contributed by atoms with E-state index in [2.05, 4.69) is 26.1 Å². The summed E-state index contributed by atoms with van der Waals surface area (Å²) >= 11 is 0. The van der Waals surface area contributed by atoms with Crippen molar-refractivity contribution in [3.05, 3.63) is 75.2 Å². The van der Waals surface area contributed by atoms with Gasteiger partial charge in [-0.2, -0.15) is 0 Å². The summed E-state index contributed by atoms with van der Waals surface area (Å²) in [5.74, 6) is 1.06. The molecular weight excluding hydrogens is 722 g/mol. The zero-order valence-corrected chi connectivity index (χ0v) is 32.3. The van der Waals surface area contributed by atoms with Gasteiger partial charge in [-0.25, -0.2) is 8.78 Å². The average molecular weight is 773 g/mol. The number of carbonyl (C=O) groups excluding carboxylic acids is 3. The molecule has 0 saturated carbocycles. The number of anilines is 1. The van der Waals surface area contributed by atoms with Gasteiger partial charge >= 0.3 is 0 Å². The molecule has 2 aromatic carbocycles. The number of methoxy groups -OCH3 is 2. The second-order valence-electron chi connectivity index (χ2n) is 16.4. The molecule has 0 bridgehead atoms. The summed E-state index contributed by atoms with van der Waals surface area (Å²) in [6, 6.07) is 10.4. The molecule has 5 aliphatic rings. The normalized spacial score (nSPS) is 21.8. The number of benzene rings is 2. The Morgan fingerprint density at radius 2 is 1.57 bits per heavy atom. The van der Waals surface area contributed by atoms with Crippen molar-refractivity contribution in [3.8, 4) is 22.6 Å². The molecule has 1 spiro atoms. The molecule has 4 fully saturated rings. The van der Waals surface area contributed by atoms with Crippen molar-refractivity contribution in [2.24, 2.45) is 18.4 Å². The number of pyridine rings is 1. The fourth-order valence-corrected chi connectivity index (χ4v) is 9.49. The van der Waals surface area contributed by atoms with Crippen LogP contribution in [0.1, 0.15) is 72.0 Å². The number of nitrogens with one attached hydrogen (secondary N) is 1. The summed E-state index contributed by atoms with van der Waals surface area (Å²) in [5.41, 5.74) is 3.73. The molecule has 1 N–H and O–H groups in total. The number of piperidine rings is 3. The summed E-state index contributed by atoms with van der Waals surface area (Å²) < 4.78 is 40.0. The SMILES string of the molecule is COc1cc(-c2cc(C(F)F)c(=O)n(C)c2)cc(OC)c1CN1CCC(CN2CCC3(CC2)CN(c2ccc4c(c2)C(=O)N(C2CCC(=O)NC2=O)C4)C3)CC1. The van der Waals surface area contributed by atoms with E-state index in [9.17, 15) is 28.0 Å². The number of aromatic nitrogens is 1. The number of halogens is 2. The standard InChI is InChI=1S/C42H50F2N6O6/c1-46-21-29(16-32(38(43)44)40(46)53)28-17-35(55-2)33(36(18-28)56-3)23-47-12-8-26(9-13-47)20-48-14-10-42(11-15-48)24-49(25-42)30-5-4-27-22-50(41(54)31(27)19-30)34-6-7-37(51)45-39(34)52/h4-5,16-19,21,26,34,38H,6-15,20,22-25H2,1-3H3,(H,45,51,52). The minimum Gasteiger partial charge on any atom is -0.496 e. The van der Waals surface area contributed by atoms with Crippen molar-refractivity contribution in [3.63, 3.8) is 0 Å². The van der Waals surface area contributed by atoms with Gasteiger partial charge in [0.1, 0.15) is 17.5 Å². The Bertz CT molecular complexity index is 2060. The molecule has 5 aliphatic heterocycles. The summed E-state index contributed by atoms with van der Waals surface area (Å²) in [7, 11) is 4.66. The molecule has 6 heterocycles. The molecule has 14 heteroatoms. The van der Waals surface area contributed by atoms with Gasteiger partial charge in [-0.1, -0.05) is 6.07 Å². The van der Waals surface area contributed by atoms with Crippen LogP contribution in [0.4, 0.5) is 14.5 Å². The maximum Gasteiger partial charge on any atom is 0.269 e. The maximum absolute atomic E-state index is 13.6. The summed E-state index contributed by atoms with van der Waals surface area (Å²) in [4.78, 5) is 58.7. The number of fused-ring (bicyclic) bond motifs is 1. The first-order valence-corrected chi connectivity index (χ1v) is 19.7. The van der Waals surface area contributed by atoms with Crippen molar-refractivity contribution >= 4 is 23.4 Å². The number of nitrogens with zero attached hydrogens (tertiary/aromatic N) is 5. The first-order chi connectivity index (χ1) is 26.9. The van der Waals surface area contributed by atoms with E-state index < -0.39 is 23.6 Å². The predicted molar refractivity (Wildman–Crippen MR) is 206 cm³/mol. The lowest BCUT2D eigenvalue weighted by Crippen LogP contribution is -2.60. The van der Waals surface area contributed by atoms with Gasteiger partial charge in [0.15, 0.2) is 0 Å². The molecule has 0 radical (unpaired) electrons. The minimum absolute atomic E-state index is 0.132. The molecule has 1 unspecified atom stereocenters. The van der Waals surface area contributed by atoms with E-state index in [0.717, 1.165) is 88.3 Å². The maximum atomic E-state index is 13.6. The van der Waals surface area contributed by atoms with Gasteiger partial charge in [0.05, 0.1) is 25.3 Å². The number of ether oxygens (including phenoxy) is 2. The predicted octanol–water partition coefficient (Wildman–Crippen LogP) is 4.58. The van der Waals surface area contributed by atoms with Crippen molar-refractivity contribution < 1.29 is 32.6 Å². The van der Waals surface area contributed by atoms with Crippen LogP contribution < -0.4 is 25.2 Å². The van der Waals surface area contributed by atoms with Crippen LogP contribution in [0.25, 0.3) is 11.1 Å². The number of imide groups is 1. The molecule has 56 heavy (non-hydrogen) atoms. The van der Waals surface area contributed by atoms with Gasteiger partial charge in [-0.15, -0.1) is 0 Å². The molecule has 8 rings (SSSR count). The Morgan fingerprint density at radius 1 is 0.875 bits per heavy atom. The highest BCUT2D eigenvalue weighted by Crippen LogP contribution is 2.44. The third-order valence-electron chi connectivity index (χ3n) is 12.8. The van der Waals surface area contributed by atoms with Crippen LogP contribution in [0, 0.1) is 11.3 Å². The Balaban J connectivity index is 0.814. The topological polar surface area (TPSA) is 117 Å². The fourth-order valence-electron chi connectivity index (χ4n) is 9.49. The number of alkyl halides is 2. The summed E-state index contributed by atoms with van der Waals surface area (Å²) in [6.45, 7) is 8.21. The lowest BCUT2D eigenvalue weighted by Gasteiger charge is -2.55. The molecule has 298 valence electrons. The third kappa shape index (κ3) is 7.29. The van der Waals surface area contributed by atoms with Gasteiger partial charge < -0.3 is 28.7 Å². The number of likely N-dealkylation sites (tertiary alicyclic amines) is 2. The number of amides is 3. The first-order valence-electron chi connectivity index (χ1n) is 19.7. The van der Waals surface area contributed by atoms with Gasteiger partial charge in [-0.05, 0) is 111 Å². The van der Waals surface area contributed by atoms with Crippen molar-refractivity contribution in [1.29, 1.82) is 0 Å². The smallest absolute Gasteiger partial charge is 0.269 e. The van der Waals surface area contributed by atoms with E-state index >= 15 is 0 Å². The lowest BCUT2D eigenvalue weighted by atomic mass is 9.71. The third-order valence-corrected chi connectivity index (χ3v) is 12.8. The van der Waals surface area contributed by atoms with Crippen LogP contribution in [0.15, 0.2) is 47.4 Å². The van der Waals surface area contributed by atoms with Crippen LogP contribution in [-0.4, -0.2) is 103 Å². The molecule has 1 atom stereocenters. The molecule has 1 aromatic heterocycles. The molecule has 12 nitrogen and oxygen atoms in total. The zero-order valence-electron chi connectivity index (χ0n) is 32.3. The number of carbonyl (C=O) groups is 3. The van der Waals surface area contributed by atoms with Gasteiger partial charge in [0.25, 0.3) is 17.9 Å². The van der Waals surface area contributed by atoms with E-state index in [-0.39, 0.29) is 24.1 Å². The Morgan fingerprint density at radius 3 is 2.21 bits per heavy atom. The molecular formula is C42H50F2N6O6. The van der Waals surface area contributed by atoms with E-state index in [4.69, 9.17) is 9.47 Å². The van der Waals surface area contributed by atoms with Gasteiger partial charge in [-0.3, -0.25) is 29.4 Å². The number of hydrogen-bond acceptors (Lipinski definition) is 9. The van der Waals surface area contributed by atoms with E-state index in [1.165, 1.54) is 17.7 Å². The number of aryl methyl sites for hydroxylation is 1. The zero-order chi connectivity index (χ0) is 39.3. The molecule has 0 aliphatic carbocycles. The van der Waals surface area contributed by atoms with Crippen LogP contribution in [0.2, 0.25) is 0 Å². The van der Waals surface area contributed by atoms with Crippen molar-refractivity contribution in [2.75, 3.05) is 64.9 Å². The highest BCUT2D eigenvalue weighted by atomic mass is 19.3. The Hall–Kier alpha value is -4.82. The van der Waals surface area contributed by atoms with E-state index in [1.807, 2.05) is 24.3 Å². The quantitative estimate of drug-likeness (QED) is 0.296. The van der Waals surface area contributed by atoms with Crippen LogP contribution in [0.3, 0.4) is 0 Å². The summed E-state index contributed by atoms with van der Waals surface area (Å²) in [6.07, 6.45) is 3.82. The van der Waals surface area contributed by atoms with E-state index in [1.54, 1.807) is 25.3 Å². The number of hydrogen-bond donors (Lipinski definition) is 1.